The summed E-state index contributed by atoms with van der Waals surface area (Å²) in [5, 5.41) is 2.76. The van der Waals surface area contributed by atoms with Gasteiger partial charge in [0.15, 0.2) is 0 Å². The lowest BCUT2D eigenvalue weighted by Crippen LogP contribution is -2.58. The maximum atomic E-state index is 13.3. The molecule has 0 bridgehead atoms. The van der Waals surface area contributed by atoms with E-state index in [2.05, 4.69) is 12.2 Å². The van der Waals surface area contributed by atoms with Crippen molar-refractivity contribution in [1.82, 2.24) is 10.2 Å². The van der Waals surface area contributed by atoms with Crippen LogP contribution in [0.3, 0.4) is 0 Å². The highest BCUT2D eigenvalue weighted by Gasteiger charge is 2.37. The van der Waals surface area contributed by atoms with Crippen LogP contribution >= 0.6 is 0 Å². The lowest BCUT2D eigenvalue weighted by atomic mass is 9.98. The summed E-state index contributed by atoms with van der Waals surface area (Å²) in [6.07, 6.45) is 6.70. The maximum absolute atomic E-state index is 13.3. The van der Waals surface area contributed by atoms with E-state index in [-0.39, 0.29) is 24.3 Å². The van der Waals surface area contributed by atoms with Gasteiger partial charge in [-0.25, -0.2) is 0 Å². The summed E-state index contributed by atoms with van der Waals surface area (Å²) in [6, 6.07) is 6.19. The zero-order valence-electron chi connectivity index (χ0n) is 17.7. The minimum Gasteiger partial charge on any atom is -0.493 e. The molecule has 1 saturated carbocycles. The standard InChI is InChI=1S/C23H32N2O5/c1-2-3-15-29-20-12-8-7-11-18(20)23(28)25-14-13-24-22(27)19(25)16-21(26)30-17-9-5-4-6-10-17/h7-8,11-12,17,19H,2-6,9-10,13-16H2,1H3,(H,24,27)/t19-/m1/s1. The third-order valence-corrected chi connectivity index (χ3v) is 5.67. The van der Waals surface area contributed by atoms with Crippen molar-refractivity contribution in [3.05, 3.63) is 29.8 Å². The van der Waals surface area contributed by atoms with Gasteiger partial charge in [0.05, 0.1) is 18.6 Å². The van der Waals surface area contributed by atoms with E-state index in [1.54, 1.807) is 18.2 Å². The predicted octanol–water partition coefficient (Wildman–Crippen LogP) is 3.07. The van der Waals surface area contributed by atoms with Crippen LogP contribution in [-0.4, -0.2) is 54.5 Å². The molecule has 30 heavy (non-hydrogen) atoms. The molecule has 1 heterocycles. The Morgan fingerprint density at radius 3 is 2.70 bits per heavy atom. The number of hydrogen-bond donors (Lipinski definition) is 1. The number of amides is 2. The highest BCUT2D eigenvalue weighted by atomic mass is 16.5. The van der Waals surface area contributed by atoms with Gasteiger partial charge >= 0.3 is 5.97 Å². The maximum Gasteiger partial charge on any atom is 0.308 e. The van der Waals surface area contributed by atoms with Gasteiger partial charge in [0, 0.05) is 13.1 Å². The molecule has 1 aliphatic carbocycles. The topological polar surface area (TPSA) is 84.9 Å². The van der Waals surface area contributed by atoms with E-state index in [1.165, 1.54) is 11.3 Å². The Labute approximate surface area is 178 Å². The molecule has 0 spiro atoms. The van der Waals surface area contributed by atoms with Crippen molar-refractivity contribution in [3.8, 4) is 5.75 Å². The molecule has 2 fully saturated rings. The molecule has 1 N–H and O–H groups in total. The highest BCUT2D eigenvalue weighted by molar-refractivity contribution is 6.01. The van der Waals surface area contributed by atoms with Gasteiger partial charge in [-0.15, -0.1) is 0 Å². The molecular weight excluding hydrogens is 384 g/mol. The minimum atomic E-state index is -0.869. The lowest BCUT2D eigenvalue weighted by Gasteiger charge is -2.35. The summed E-state index contributed by atoms with van der Waals surface area (Å²) < 4.78 is 11.4. The monoisotopic (exact) mass is 416 g/mol. The number of nitrogens with zero attached hydrogens (tertiary/aromatic N) is 1. The molecule has 1 atom stereocenters. The average molecular weight is 417 g/mol. The SMILES string of the molecule is CCCCOc1ccccc1C(=O)N1CCNC(=O)[C@H]1CC(=O)OC1CCCCC1. The van der Waals surface area contributed by atoms with Crippen molar-refractivity contribution in [2.45, 2.75) is 70.4 Å². The van der Waals surface area contributed by atoms with Crippen LogP contribution in [-0.2, 0) is 14.3 Å². The molecule has 3 rings (SSSR count). The van der Waals surface area contributed by atoms with E-state index in [0.717, 1.165) is 38.5 Å². The number of unbranched alkanes of at least 4 members (excludes halogenated alkanes) is 1. The number of carbonyl (C=O) groups excluding carboxylic acids is 3. The van der Waals surface area contributed by atoms with Gasteiger partial charge in [0.1, 0.15) is 17.9 Å². The third-order valence-electron chi connectivity index (χ3n) is 5.67. The second kappa shape index (κ2) is 11.0. The van der Waals surface area contributed by atoms with Gasteiger partial charge < -0.3 is 19.7 Å². The zero-order chi connectivity index (χ0) is 21.3. The van der Waals surface area contributed by atoms with Crippen molar-refractivity contribution in [3.63, 3.8) is 0 Å². The normalized spacial score (nSPS) is 19.8. The number of nitrogens with one attached hydrogen (secondary N) is 1. The minimum absolute atomic E-state index is 0.0743. The number of para-hydroxylation sites is 1. The summed E-state index contributed by atoms with van der Waals surface area (Å²) in [5.74, 6) is -0.535. The fourth-order valence-corrected chi connectivity index (χ4v) is 3.99. The Morgan fingerprint density at radius 1 is 1.17 bits per heavy atom. The molecule has 1 aromatic carbocycles. The quantitative estimate of drug-likeness (QED) is 0.520. The number of hydrogen-bond acceptors (Lipinski definition) is 5. The third kappa shape index (κ3) is 5.74. The molecule has 1 aromatic rings. The first-order valence-corrected chi connectivity index (χ1v) is 11.1. The summed E-state index contributed by atoms with van der Waals surface area (Å²) in [6.45, 7) is 3.30. The second-order valence-corrected chi connectivity index (χ2v) is 7.96. The Morgan fingerprint density at radius 2 is 1.93 bits per heavy atom. The summed E-state index contributed by atoms with van der Waals surface area (Å²) in [7, 11) is 0. The number of ether oxygens (including phenoxy) is 2. The second-order valence-electron chi connectivity index (χ2n) is 7.96. The van der Waals surface area contributed by atoms with Gasteiger partial charge in [-0.05, 0) is 44.2 Å². The van der Waals surface area contributed by atoms with Crippen LogP contribution in [0, 0.1) is 0 Å². The van der Waals surface area contributed by atoms with Crippen LogP contribution in [0.25, 0.3) is 0 Å². The number of benzene rings is 1. The molecule has 0 aromatic heterocycles. The number of esters is 1. The molecule has 1 aliphatic heterocycles. The Kier molecular flexibility index (Phi) is 8.11. The van der Waals surface area contributed by atoms with E-state index < -0.39 is 12.0 Å². The van der Waals surface area contributed by atoms with Crippen LogP contribution in [0.15, 0.2) is 24.3 Å². The van der Waals surface area contributed by atoms with E-state index in [0.29, 0.717) is 31.0 Å². The van der Waals surface area contributed by atoms with Gasteiger partial charge in [-0.1, -0.05) is 31.9 Å². The van der Waals surface area contributed by atoms with Crippen LogP contribution in [0.1, 0.15) is 68.6 Å². The first-order chi connectivity index (χ1) is 14.6. The zero-order valence-corrected chi connectivity index (χ0v) is 17.7. The highest BCUT2D eigenvalue weighted by Crippen LogP contribution is 2.24. The van der Waals surface area contributed by atoms with Crippen molar-refractivity contribution >= 4 is 17.8 Å². The van der Waals surface area contributed by atoms with Crippen LogP contribution in [0.4, 0.5) is 0 Å². The summed E-state index contributed by atoms with van der Waals surface area (Å²) >= 11 is 0. The molecular formula is C23H32N2O5. The van der Waals surface area contributed by atoms with Crippen molar-refractivity contribution in [2.24, 2.45) is 0 Å². The van der Waals surface area contributed by atoms with Crippen molar-refractivity contribution < 1.29 is 23.9 Å². The molecule has 1 saturated heterocycles. The first-order valence-electron chi connectivity index (χ1n) is 11.1. The van der Waals surface area contributed by atoms with Gasteiger partial charge in [-0.2, -0.15) is 0 Å². The van der Waals surface area contributed by atoms with E-state index >= 15 is 0 Å². The van der Waals surface area contributed by atoms with Crippen molar-refractivity contribution in [2.75, 3.05) is 19.7 Å². The van der Waals surface area contributed by atoms with Crippen LogP contribution in [0.2, 0.25) is 0 Å². The van der Waals surface area contributed by atoms with E-state index in [1.807, 2.05) is 6.07 Å². The van der Waals surface area contributed by atoms with Gasteiger partial charge in [0.25, 0.3) is 5.91 Å². The summed E-state index contributed by atoms with van der Waals surface area (Å²) in [4.78, 5) is 39.8. The number of carbonyl (C=O) groups is 3. The Bertz CT molecular complexity index is 745. The largest absolute Gasteiger partial charge is 0.493 e. The summed E-state index contributed by atoms with van der Waals surface area (Å²) in [5.41, 5.74) is 0.411. The van der Waals surface area contributed by atoms with Gasteiger partial charge in [0.2, 0.25) is 5.91 Å². The Hall–Kier alpha value is -2.57. The fraction of sp³-hybridized carbons (Fsp3) is 0.609. The van der Waals surface area contributed by atoms with Gasteiger partial charge in [-0.3, -0.25) is 14.4 Å². The molecule has 2 amide bonds. The van der Waals surface area contributed by atoms with E-state index in [4.69, 9.17) is 9.47 Å². The van der Waals surface area contributed by atoms with E-state index in [9.17, 15) is 14.4 Å². The molecule has 0 unspecified atom stereocenters. The molecule has 7 nitrogen and oxygen atoms in total. The molecule has 7 heteroatoms. The number of rotatable bonds is 8. The smallest absolute Gasteiger partial charge is 0.308 e. The van der Waals surface area contributed by atoms with Crippen molar-refractivity contribution in [1.29, 1.82) is 0 Å². The number of piperazine rings is 1. The molecule has 164 valence electrons. The first kappa shape index (κ1) is 22.1. The van der Waals surface area contributed by atoms with Crippen LogP contribution < -0.4 is 10.1 Å². The Balaban J connectivity index is 1.70. The fourth-order valence-electron chi connectivity index (χ4n) is 3.99. The lowest BCUT2D eigenvalue weighted by molar-refractivity contribution is -0.153. The average Bonchev–Trinajstić information content (AvgIpc) is 2.76. The predicted molar refractivity (Wildman–Crippen MR) is 112 cm³/mol. The molecule has 2 aliphatic rings. The van der Waals surface area contributed by atoms with Crippen LogP contribution in [0.5, 0.6) is 5.75 Å². The molecule has 0 radical (unpaired) electrons.